The molecule has 10 heteroatoms. The van der Waals surface area contributed by atoms with Gasteiger partial charge in [0.25, 0.3) is 16.0 Å². The lowest BCUT2D eigenvalue weighted by Crippen LogP contribution is -2.47. The number of carbonyl (C=O) groups is 1. The summed E-state index contributed by atoms with van der Waals surface area (Å²) in [5.74, 6) is 0.287. The smallest absolute Gasteiger partial charge is 0.297 e. The molecule has 0 spiro atoms. The lowest BCUT2D eigenvalue weighted by molar-refractivity contribution is -0.117. The van der Waals surface area contributed by atoms with Crippen LogP contribution in [-0.4, -0.2) is 92.0 Å². The van der Waals surface area contributed by atoms with Gasteiger partial charge in [-0.2, -0.15) is 8.42 Å². The van der Waals surface area contributed by atoms with Gasteiger partial charge in [-0.25, -0.2) is 0 Å². The van der Waals surface area contributed by atoms with Gasteiger partial charge >= 0.3 is 0 Å². The highest BCUT2D eigenvalue weighted by atomic mass is 32.2. The average molecular weight is 526 g/mol. The monoisotopic (exact) mass is 525 g/mol. The van der Waals surface area contributed by atoms with Crippen molar-refractivity contribution in [3.05, 3.63) is 82.2 Å². The van der Waals surface area contributed by atoms with Gasteiger partial charge < -0.3 is 25.3 Å². The number of hydrogen-bond donors (Lipinski definition) is 3. The van der Waals surface area contributed by atoms with Crippen LogP contribution in [0.5, 0.6) is 0 Å². The van der Waals surface area contributed by atoms with Crippen LogP contribution in [-0.2, 0) is 21.3 Å². The van der Waals surface area contributed by atoms with Gasteiger partial charge in [0, 0.05) is 39.3 Å². The molecule has 0 radical (unpaired) electrons. The Kier molecular flexibility index (Phi) is 7.80. The van der Waals surface area contributed by atoms with Gasteiger partial charge in [-0.3, -0.25) is 9.35 Å². The number of aryl methyl sites for hydroxylation is 1. The third kappa shape index (κ3) is 5.98. The number of piperazine rings is 1. The molecule has 1 aromatic rings. The largest absolute Gasteiger partial charge is 0.369 e. The van der Waals surface area contributed by atoms with Crippen LogP contribution in [0.3, 0.4) is 0 Å². The van der Waals surface area contributed by atoms with Gasteiger partial charge in [-0.1, -0.05) is 36.4 Å². The number of hydrogen-bond acceptors (Lipinski definition) is 7. The summed E-state index contributed by atoms with van der Waals surface area (Å²) in [7, 11) is -4.60. The van der Waals surface area contributed by atoms with E-state index in [1.54, 1.807) is 23.1 Å². The first-order valence-corrected chi connectivity index (χ1v) is 14.5. The van der Waals surface area contributed by atoms with E-state index in [0.717, 1.165) is 64.4 Å². The molecule has 0 saturated carbocycles. The molecule has 2 fully saturated rings. The predicted octanol–water partition coefficient (Wildman–Crippen LogP) is 1.47. The summed E-state index contributed by atoms with van der Waals surface area (Å²) in [5.41, 5.74) is 1.72. The Hall–Kier alpha value is -2.92. The second-order valence-electron chi connectivity index (χ2n) is 9.88. The topological polar surface area (TPSA) is 105 Å². The van der Waals surface area contributed by atoms with E-state index >= 15 is 0 Å². The molecule has 3 N–H and O–H groups in total. The normalized spacial score (nSPS) is 21.9. The second-order valence-corrected chi connectivity index (χ2v) is 11.2. The first-order valence-electron chi connectivity index (χ1n) is 13.0. The minimum absolute atomic E-state index is 0.0115. The zero-order valence-corrected chi connectivity index (χ0v) is 21.8. The summed E-state index contributed by atoms with van der Waals surface area (Å²) >= 11 is 0. The van der Waals surface area contributed by atoms with Crippen molar-refractivity contribution in [3.63, 3.8) is 0 Å². The zero-order chi connectivity index (χ0) is 25.8. The fraction of sp³-hybridized carbons (Fsp3) is 0.444. The van der Waals surface area contributed by atoms with E-state index < -0.39 is 16.0 Å². The van der Waals surface area contributed by atoms with Crippen molar-refractivity contribution in [2.24, 2.45) is 0 Å². The van der Waals surface area contributed by atoms with E-state index in [1.807, 2.05) is 6.08 Å². The minimum Gasteiger partial charge on any atom is -0.369 e. The fourth-order valence-corrected chi connectivity index (χ4v) is 6.35. The van der Waals surface area contributed by atoms with E-state index in [9.17, 15) is 17.8 Å². The van der Waals surface area contributed by atoms with Crippen LogP contribution in [0, 0.1) is 0 Å². The highest BCUT2D eigenvalue weighted by Gasteiger charge is 2.41. The maximum atomic E-state index is 13.0. The van der Waals surface area contributed by atoms with Crippen molar-refractivity contribution in [1.29, 1.82) is 0 Å². The van der Waals surface area contributed by atoms with Gasteiger partial charge in [-0.15, -0.1) is 0 Å². The molecule has 1 unspecified atom stereocenters. The number of benzene rings is 1. The Morgan fingerprint density at radius 2 is 1.76 bits per heavy atom. The zero-order valence-electron chi connectivity index (χ0n) is 21.0. The minimum atomic E-state index is -4.60. The molecule has 1 amide bonds. The molecule has 1 aromatic carbocycles. The molecule has 37 heavy (non-hydrogen) atoms. The Labute approximate surface area is 218 Å². The van der Waals surface area contributed by atoms with E-state index in [-0.39, 0.29) is 16.5 Å². The van der Waals surface area contributed by atoms with Crippen molar-refractivity contribution in [3.8, 4) is 0 Å². The number of amides is 1. The van der Waals surface area contributed by atoms with Crippen LogP contribution in [0.15, 0.2) is 76.6 Å². The predicted molar refractivity (Wildman–Crippen MR) is 143 cm³/mol. The quantitative estimate of drug-likeness (QED) is 0.312. The van der Waals surface area contributed by atoms with Crippen LogP contribution < -0.4 is 10.6 Å². The average Bonchev–Trinajstić information content (AvgIpc) is 3.31. The van der Waals surface area contributed by atoms with Crippen LogP contribution in [0.1, 0.15) is 18.4 Å². The molecule has 4 heterocycles. The van der Waals surface area contributed by atoms with Gasteiger partial charge in [0.15, 0.2) is 0 Å². The SMILES string of the molecule is O=C(NCCCN1CCN(CCCc2ccccc2)CC1)C1=CC2CNC3=CC=CC(=C1S(=O)(=O)O)N32. The Morgan fingerprint density at radius 3 is 2.46 bits per heavy atom. The summed E-state index contributed by atoms with van der Waals surface area (Å²) in [6, 6.07) is 10.4. The number of allylic oxidation sites excluding steroid dienone is 3. The first kappa shape index (κ1) is 25.7. The van der Waals surface area contributed by atoms with Crippen LogP contribution in [0.2, 0.25) is 0 Å². The molecule has 0 bridgehead atoms. The van der Waals surface area contributed by atoms with Crippen molar-refractivity contribution >= 4 is 16.0 Å². The van der Waals surface area contributed by atoms with E-state index in [2.05, 4.69) is 50.8 Å². The molecule has 4 aliphatic rings. The van der Waals surface area contributed by atoms with Crippen LogP contribution in [0.25, 0.3) is 0 Å². The van der Waals surface area contributed by atoms with Crippen molar-refractivity contribution in [2.45, 2.75) is 25.3 Å². The summed E-state index contributed by atoms with van der Waals surface area (Å²) in [6.07, 6.45) is 9.85. The molecule has 2 saturated heterocycles. The van der Waals surface area contributed by atoms with E-state index in [1.165, 1.54) is 5.56 Å². The van der Waals surface area contributed by atoms with Crippen LogP contribution in [0.4, 0.5) is 0 Å². The maximum absolute atomic E-state index is 13.0. The highest BCUT2D eigenvalue weighted by Crippen LogP contribution is 2.37. The standard InChI is InChI=1S/C27H35N5O4S/c33-27(23-19-22-20-29-25-11-4-10-24(32(22)25)26(23)37(34,35)36)28-12-6-14-31-17-15-30(16-18-31)13-5-9-21-7-2-1-3-8-21/h1-4,7-8,10-11,19,22,29H,5-6,9,12-18,20H2,(H,28,33)(H,34,35,36). The fourth-order valence-electron chi connectivity index (χ4n) is 5.48. The lowest BCUT2D eigenvalue weighted by Gasteiger charge is -2.34. The molecule has 5 rings (SSSR count). The molecular formula is C27H35N5O4S. The maximum Gasteiger partial charge on any atom is 0.297 e. The molecule has 0 aliphatic carbocycles. The molecular weight excluding hydrogens is 490 g/mol. The summed E-state index contributed by atoms with van der Waals surface area (Å²) in [5, 5.41) is 6.08. The molecule has 4 aliphatic heterocycles. The Bertz CT molecular complexity index is 1230. The van der Waals surface area contributed by atoms with Gasteiger partial charge in [0.05, 0.1) is 17.3 Å². The third-order valence-corrected chi connectivity index (χ3v) is 8.32. The van der Waals surface area contributed by atoms with E-state index in [4.69, 9.17) is 0 Å². The number of nitrogens with one attached hydrogen (secondary N) is 2. The highest BCUT2D eigenvalue weighted by molar-refractivity contribution is 7.90. The van der Waals surface area contributed by atoms with Gasteiger partial charge in [0.1, 0.15) is 10.7 Å². The summed E-state index contributed by atoms with van der Waals surface area (Å²) in [6.45, 7) is 7.11. The second kappa shape index (κ2) is 11.2. The van der Waals surface area contributed by atoms with Crippen LogP contribution >= 0.6 is 0 Å². The number of carbonyl (C=O) groups excluding carboxylic acids is 1. The number of nitrogens with zero attached hydrogens (tertiary/aromatic N) is 3. The Morgan fingerprint density at radius 1 is 1.05 bits per heavy atom. The van der Waals surface area contributed by atoms with E-state index in [0.29, 0.717) is 18.8 Å². The van der Waals surface area contributed by atoms with Crippen molar-refractivity contribution in [1.82, 2.24) is 25.3 Å². The molecule has 1 atom stereocenters. The Balaban J connectivity index is 1.07. The lowest BCUT2D eigenvalue weighted by atomic mass is 10.0. The third-order valence-electron chi connectivity index (χ3n) is 7.37. The summed E-state index contributed by atoms with van der Waals surface area (Å²) in [4.78, 5) is 19.4. The van der Waals surface area contributed by atoms with Crippen molar-refractivity contribution in [2.75, 3.05) is 52.4 Å². The first-order chi connectivity index (χ1) is 17.9. The molecule has 9 nitrogen and oxygen atoms in total. The molecule has 0 aromatic heterocycles. The van der Waals surface area contributed by atoms with Gasteiger partial charge in [0.2, 0.25) is 0 Å². The van der Waals surface area contributed by atoms with Crippen molar-refractivity contribution < 1.29 is 17.8 Å². The summed E-state index contributed by atoms with van der Waals surface area (Å²) < 4.78 is 34.5. The number of rotatable bonds is 10. The molecule has 198 valence electrons. The van der Waals surface area contributed by atoms with Gasteiger partial charge in [-0.05, 0) is 56.1 Å².